The fourth-order valence-electron chi connectivity index (χ4n) is 2.71. The van der Waals surface area contributed by atoms with Crippen LogP contribution in [-0.2, 0) is 10.5 Å². The predicted molar refractivity (Wildman–Crippen MR) is 107 cm³/mol. The molecular weight excluding hydrogens is 366 g/mol. The molecule has 1 aliphatic rings. The molecule has 1 amide bonds. The monoisotopic (exact) mass is 391 g/mol. The van der Waals surface area contributed by atoms with E-state index in [0.717, 1.165) is 37.4 Å². The summed E-state index contributed by atoms with van der Waals surface area (Å²) in [6.45, 7) is 4.16. The first-order chi connectivity index (χ1) is 12.7. The van der Waals surface area contributed by atoms with Crippen LogP contribution in [0, 0.1) is 0 Å². The quantitative estimate of drug-likeness (QED) is 0.447. The second-order valence-corrected chi connectivity index (χ2v) is 8.75. The minimum absolute atomic E-state index is 0.166. The maximum absolute atomic E-state index is 11.9. The molecule has 3 rings (SSSR count). The van der Waals surface area contributed by atoms with E-state index in [4.69, 9.17) is 9.47 Å². The molecular formula is C20H25NO3S2. The van der Waals surface area contributed by atoms with Crippen molar-refractivity contribution in [2.75, 3.05) is 26.8 Å². The number of hydrogen-bond donors (Lipinski definition) is 0. The predicted octanol–water partition coefficient (Wildman–Crippen LogP) is 5.38. The minimum Gasteiger partial charge on any atom is -0.497 e. The topological polar surface area (TPSA) is 38.8 Å². The molecule has 2 aromatic rings. The fourth-order valence-corrected chi connectivity index (χ4v) is 4.90. The number of benzene rings is 1. The lowest BCUT2D eigenvalue weighted by Crippen LogP contribution is -2.48. The van der Waals surface area contributed by atoms with Gasteiger partial charge in [-0.15, -0.1) is 23.1 Å². The van der Waals surface area contributed by atoms with Crippen molar-refractivity contribution in [1.29, 1.82) is 0 Å². The number of unbranched alkanes of at least 4 members (excludes halogenated alkanes) is 1. The summed E-state index contributed by atoms with van der Waals surface area (Å²) in [5.41, 5.74) is 1.29. The Kier molecular flexibility index (Phi) is 6.86. The molecule has 0 N–H and O–H groups in total. The van der Waals surface area contributed by atoms with Gasteiger partial charge in [-0.2, -0.15) is 0 Å². The fraction of sp³-hybridized carbons (Fsp3) is 0.450. The van der Waals surface area contributed by atoms with Crippen LogP contribution >= 0.6 is 23.1 Å². The second-order valence-electron chi connectivity index (χ2n) is 6.36. The lowest BCUT2D eigenvalue weighted by atomic mass is 9.99. The van der Waals surface area contributed by atoms with E-state index in [0.29, 0.717) is 12.5 Å². The molecule has 0 aliphatic carbocycles. The van der Waals surface area contributed by atoms with Gasteiger partial charge in [-0.1, -0.05) is 25.5 Å². The third-order valence-electron chi connectivity index (χ3n) is 4.41. The largest absolute Gasteiger partial charge is 0.497 e. The standard InChI is InChI=1S/C20H25NO3S2/c1-3-4-11-24-20(22)21-12-16(13-21)18-9-10-19(26-18)25-14-15-5-7-17(23-2)8-6-15/h5-10,16H,3-4,11-14H2,1-2H3. The molecule has 0 atom stereocenters. The maximum atomic E-state index is 11.9. The number of thioether (sulfide) groups is 1. The number of methoxy groups -OCH3 is 1. The first-order valence-corrected chi connectivity index (χ1v) is 10.8. The van der Waals surface area contributed by atoms with Crippen molar-refractivity contribution in [1.82, 2.24) is 4.90 Å². The Morgan fingerprint density at radius 1 is 1.23 bits per heavy atom. The van der Waals surface area contributed by atoms with E-state index in [2.05, 4.69) is 31.2 Å². The summed E-state index contributed by atoms with van der Waals surface area (Å²) in [6.07, 6.45) is 1.81. The molecule has 1 fully saturated rings. The van der Waals surface area contributed by atoms with E-state index >= 15 is 0 Å². The van der Waals surface area contributed by atoms with Crippen molar-refractivity contribution in [2.24, 2.45) is 0 Å². The van der Waals surface area contributed by atoms with E-state index in [9.17, 15) is 4.79 Å². The van der Waals surface area contributed by atoms with Gasteiger partial charge in [0, 0.05) is 29.6 Å². The van der Waals surface area contributed by atoms with Gasteiger partial charge in [0.05, 0.1) is 17.9 Å². The van der Waals surface area contributed by atoms with Crippen LogP contribution in [0.3, 0.4) is 0 Å². The molecule has 1 aliphatic heterocycles. The highest BCUT2D eigenvalue weighted by Gasteiger charge is 2.33. The Labute approximate surface area is 163 Å². The van der Waals surface area contributed by atoms with Crippen molar-refractivity contribution < 1.29 is 14.3 Å². The van der Waals surface area contributed by atoms with Gasteiger partial charge in [-0.25, -0.2) is 4.79 Å². The first-order valence-electron chi connectivity index (χ1n) is 8.96. The molecule has 0 spiro atoms. The van der Waals surface area contributed by atoms with E-state index in [1.165, 1.54) is 14.6 Å². The summed E-state index contributed by atoms with van der Waals surface area (Å²) >= 11 is 3.69. The van der Waals surface area contributed by atoms with Crippen LogP contribution in [0.5, 0.6) is 5.75 Å². The zero-order chi connectivity index (χ0) is 18.4. The number of carbonyl (C=O) groups excluding carboxylic acids is 1. The average Bonchev–Trinajstić information content (AvgIpc) is 3.08. The van der Waals surface area contributed by atoms with Crippen LogP contribution in [0.4, 0.5) is 4.79 Å². The SMILES string of the molecule is CCCCOC(=O)N1CC(c2ccc(SCc3ccc(OC)cc3)s2)C1. The lowest BCUT2D eigenvalue weighted by molar-refractivity contribution is 0.0711. The lowest BCUT2D eigenvalue weighted by Gasteiger charge is -2.37. The molecule has 0 radical (unpaired) electrons. The molecule has 6 heteroatoms. The van der Waals surface area contributed by atoms with Crippen molar-refractivity contribution in [3.8, 4) is 5.75 Å². The molecule has 2 heterocycles. The van der Waals surface area contributed by atoms with Gasteiger partial charge in [0.15, 0.2) is 0 Å². The Morgan fingerprint density at radius 2 is 2.00 bits per heavy atom. The number of hydrogen-bond acceptors (Lipinski definition) is 5. The highest BCUT2D eigenvalue weighted by atomic mass is 32.2. The Bertz CT molecular complexity index is 708. The number of thiophene rings is 1. The summed E-state index contributed by atoms with van der Waals surface area (Å²) in [5.74, 6) is 2.29. The molecule has 140 valence electrons. The molecule has 1 aromatic heterocycles. The second kappa shape index (κ2) is 9.33. The van der Waals surface area contributed by atoms with E-state index < -0.39 is 0 Å². The summed E-state index contributed by atoms with van der Waals surface area (Å²) < 4.78 is 11.8. The van der Waals surface area contributed by atoms with Gasteiger partial charge in [0.2, 0.25) is 0 Å². The number of rotatable bonds is 8. The molecule has 1 saturated heterocycles. The Morgan fingerprint density at radius 3 is 2.69 bits per heavy atom. The van der Waals surface area contributed by atoms with Crippen LogP contribution in [0.2, 0.25) is 0 Å². The van der Waals surface area contributed by atoms with Gasteiger partial charge < -0.3 is 14.4 Å². The number of carbonyl (C=O) groups is 1. The minimum atomic E-state index is -0.166. The zero-order valence-corrected chi connectivity index (χ0v) is 16.9. The van der Waals surface area contributed by atoms with Crippen molar-refractivity contribution in [3.05, 3.63) is 46.8 Å². The molecule has 0 unspecified atom stereocenters. The molecule has 0 bridgehead atoms. The highest BCUT2D eigenvalue weighted by Crippen LogP contribution is 2.37. The third-order valence-corrected chi connectivity index (χ3v) is 6.95. The number of ether oxygens (including phenoxy) is 2. The number of likely N-dealkylation sites (tertiary alicyclic amines) is 1. The van der Waals surface area contributed by atoms with E-state index in [-0.39, 0.29) is 6.09 Å². The summed E-state index contributed by atoms with van der Waals surface area (Å²) in [7, 11) is 1.68. The normalized spacial score (nSPS) is 14.2. The van der Waals surface area contributed by atoms with Crippen LogP contribution < -0.4 is 4.74 Å². The van der Waals surface area contributed by atoms with Crippen LogP contribution in [0.1, 0.15) is 36.1 Å². The van der Waals surface area contributed by atoms with Gasteiger partial charge in [0.1, 0.15) is 5.75 Å². The molecule has 4 nitrogen and oxygen atoms in total. The van der Waals surface area contributed by atoms with E-state index in [1.54, 1.807) is 12.0 Å². The van der Waals surface area contributed by atoms with Crippen molar-refractivity contribution in [2.45, 2.75) is 35.6 Å². The van der Waals surface area contributed by atoms with Gasteiger partial charge >= 0.3 is 6.09 Å². The maximum Gasteiger partial charge on any atom is 0.409 e. The van der Waals surface area contributed by atoms with Crippen LogP contribution in [0.15, 0.2) is 40.6 Å². The molecule has 1 aromatic carbocycles. The summed E-state index contributed by atoms with van der Waals surface area (Å²) in [4.78, 5) is 15.0. The Balaban J connectivity index is 1.43. The van der Waals surface area contributed by atoms with Crippen molar-refractivity contribution >= 4 is 29.2 Å². The smallest absolute Gasteiger partial charge is 0.409 e. The first kappa shape index (κ1) is 19.1. The van der Waals surface area contributed by atoms with Crippen molar-refractivity contribution in [3.63, 3.8) is 0 Å². The summed E-state index contributed by atoms with van der Waals surface area (Å²) in [5, 5.41) is 0. The zero-order valence-electron chi connectivity index (χ0n) is 15.3. The summed E-state index contributed by atoms with van der Waals surface area (Å²) in [6, 6.07) is 12.6. The van der Waals surface area contributed by atoms with E-state index in [1.807, 2.05) is 35.2 Å². The molecule has 26 heavy (non-hydrogen) atoms. The number of nitrogens with zero attached hydrogens (tertiary/aromatic N) is 1. The molecule has 0 saturated carbocycles. The van der Waals surface area contributed by atoms with Gasteiger partial charge in [-0.05, 0) is 36.2 Å². The average molecular weight is 392 g/mol. The number of amides is 1. The third kappa shape index (κ3) is 4.95. The van der Waals surface area contributed by atoms with Crippen LogP contribution in [0.25, 0.3) is 0 Å². The van der Waals surface area contributed by atoms with Gasteiger partial charge in [0.25, 0.3) is 0 Å². The van der Waals surface area contributed by atoms with Crippen LogP contribution in [-0.4, -0.2) is 37.8 Å². The van der Waals surface area contributed by atoms with Gasteiger partial charge in [-0.3, -0.25) is 0 Å². The highest BCUT2D eigenvalue weighted by molar-refractivity contribution is 8.00. The Hall–Kier alpha value is -1.66.